The van der Waals surface area contributed by atoms with Gasteiger partial charge in [0.05, 0.1) is 5.69 Å². The molecule has 9 aromatic rings. The Bertz CT molecular complexity index is 2470. The highest BCUT2D eigenvalue weighted by molar-refractivity contribution is 6.11. The molecular weight excluding hydrogens is 526 g/mol. The van der Waals surface area contributed by atoms with Gasteiger partial charge in [0.25, 0.3) is 0 Å². The van der Waals surface area contributed by atoms with Gasteiger partial charge in [0.2, 0.25) is 0 Å². The SMILES string of the molecule is c1ccc(-c2ccccc2N(c2ccc3cc4c(cc3c2)oc2ccccc24)c2ccc3c(c2)oc2ccccc23)cc1. The molecule has 0 saturated carbocycles. The van der Waals surface area contributed by atoms with Crippen LogP contribution in [0.25, 0.3) is 65.8 Å². The molecule has 0 unspecified atom stereocenters. The topological polar surface area (TPSA) is 29.5 Å². The molecule has 0 radical (unpaired) electrons. The molecule has 0 N–H and O–H groups in total. The highest BCUT2D eigenvalue weighted by Crippen LogP contribution is 2.43. The first-order chi connectivity index (χ1) is 21.3. The van der Waals surface area contributed by atoms with Gasteiger partial charge in [-0.15, -0.1) is 0 Å². The standard InChI is InChI=1S/C40H25NO2/c1-2-10-26(11-3-1)31-12-4-7-15-36(31)41(30-20-21-34-32-13-5-8-16-37(32)43-40(34)25-30)29-19-18-27-23-35-33-14-6-9-17-38(33)42-39(35)24-28(27)22-29/h1-25H. The second-order valence-corrected chi connectivity index (χ2v) is 11.0. The maximum atomic E-state index is 6.34. The van der Waals surface area contributed by atoms with Crippen molar-refractivity contribution in [2.45, 2.75) is 0 Å². The molecule has 0 saturated heterocycles. The Labute approximate surface area is 247 Å². The fraction of sp³-hybridized carbons (Fsp3) is 0. The van der Waals surface area contributed by atoms with Crippen LogP contribution < -0.4 is 4.90 Å². The van der Waals surface area contributed by atoms with Crippen molar-refractivity contribution in [1.29, 1.82) is 0 Å². The summed E-state index contributed by atoms with van der Waals surface area (Å²) in [6.07, 6.45) is 0. The first-order valence-electron chi connectivity index (χ1n) is 14.5. The summed E-state index contributed by atoms with van der Waals surface area (Å²) in [5.74, 6) is 0. The lowest BCUT2D eigenvalue weighted by atomic mass is 10.0. The van der Waals surface area contributed by atoms with E-state index in [0.29, 0.717) is 0 Å². The second-order valence-electron chi connectivity index (χ2n) is 11.0. The first-order valence-corrected chi connectivity index (χ1v) is 14.5. The highest BCUT2D eigenvalue weighted by Gasteiger charge is 2.19. The van der Waals surface area contributed by atoms with Crippen LogP contribution in [-0.2, 0) is 0 Å². The summed E-state index contributed by atoms with van der Waals surface area (Å²) in [5.41, 5.74) is 9.06. The van der Waals surface area contributed by atoms with Gasteiger partial charge < -0.3 is 13.7 Å². The van der Waals surface area contributed by atoms with Crippen molar-refractivity contribution in [3.63, 3.8) is 0 Å². The largest absolute Gasteiger partial charge is 0.456 e. The predicted molar refractivity (Wildman–Crippen MR) is 179 cm³/mol. The molecule has 3 heteroatoms. The van der Waals surface area contributed by atoms with E-state index < -0.39 is 0 Å². The number of nitrogens with zero attached hydrogens (tertiary/aromatic N) is 1. The fourth-order valence-corrected chi connectivity index (χ4v) is 6.41. The lowest BCUT2D eigenvalue weighted by Gasteiger charge is -2.28. The van der Waals surface area contributed by atoms with E-state index in [-0.39, 0.29) is 0 Å². The van der Waals surface area contributed by atoms with E-state index in [2.05, 4.69) is 132 Å². The number of rotatable bonds is 4. The van der Waals surface area contributed by atoms with Gasteiger partial charge >= 0.3 is 0 Å². The fourth-order valence-electron chi connectivity index (χ4n) is 6.41. The molecule has 2 aromatic heterocycles. The molecule has 43 heavy (non-hydrogen) atoms. The molecule has 0 atom stereocenters. The van der Waals surface area contributed by atoms with Crippen LogP contribution in [0.15, 0.2) is 160 Å². The number of furan rings is 2. The van der Waals surface area contributed by atoms with E-state index in [1.807, 2.05) is 24.3 Å². The van der Waals surface area contributed by atoms with Crippen molar-refractivity contribution < 1.29 is 8.83 Å². The third-order valence-electron chi connectivity index (χ3n) is 8.43. The molecule has 3 nitrogen and oxygen atoms in total. The van der Waals surface area contributed by atoms with Crippen LogP contribution in [-0.4, -0.2) is 0 Å². The van der Waals surface area contributed by atoms with Gasteiger partial charge in [-0.05, 0) is 70.9 Å². The van der Waals surface area contributed by atoms with E-state index in [0.717, 1.165) is 77.5 Å². The number of hydrogen-bond acceptors (Lipinski definition) is 3. The number of anilines is 3. The van der Waals surface area contributed by atoms with Gasteiger partial charge in [-0.1, -0.05) is 91.0 Å². The molecule has 202 valence electrons. The van der Waals surface area contributed by atoms with Gasteiger partial charge in [-0.2, -0.15) is 0 Å². The van der Waals surface area contributed by atoms with E-state index in [1.165, 1.54) is 5.39 Å². The summed E-state index contributed by atoms with van der Waals surface area (Å²) < 4.78 is 12.6. The minimum Gasteiger partial charge on any atom is -0.456 e. The number of fused-ring (bicyclic) bond motifs is 7. The van der Waals surface area contributed by atoms with E-state index in [1.54, 1.807) is 0 Å². The van der Waals surface area contributed by atoms with Crippen molar-refractivity contribution in [2.75, 3.05) is 4.90 Å². The quantitative estimate of drug-likeness (QED) is 0.218. The van der Waals surface area contributed by atoms with Gasteiger partial charge in [-0.25, -0.2) is 0 Å². The average Bonchev–Trinajstić information content (AvgIpc) is 3.62. The van der Waals surface area contributed by atoms with Crippen LogP contribution in [0.1, 0.15) is 0 Å². The third-order valence-corrected chi connectivity index (χ3v) is 8.43. The van der Waals surface area contributed by atoms with Crippen molar-refractivity contribution in [3.05, 3.63) is 152 Å². The van der Waals surface area contributed by atoms with Gasteiger partial charge in [0.15, 0.2) is 0 Å². The molecule has 0 bridgehead atoms. The monoisotopic (exact) mass is 551 g/mol. The van der Waals surface area contributed by atoms with Crippen LogP contribution in [0.5, 0.6) is 0 Å². The minimum absolute atomic E-state index is 0.866. The van der Waals surface area contributed by atoms with Crippen LogP contribution in [0.2, 0.25) is 0 Å². The zero-order chi connectivity index (χ0) is 28.3. The van der Waals surface area contributed by atoms with E-state index in [9.17, 15) is 0 Å². The number of benzene rings is 7. The van der Waals surface area contributed by atoms with Crippen molar-refractivity contribution in [2.24, 2.45) is 0 Å². The van der Waals surface area contributed by atoms with Crippen LogP contribution >= 0.6 is 0 Å². The predicted octanol–water partition coefficient (Wildman–Crippen LogP) is 11.8. The van der Waals surface area contributed by atoms with Crippen LogP contribution in [0, 0.1) is 0 Å². The van der Waals surface area contributed by atoms with Crippen molar-refractivity contribution >= 4 is 71.7 Å². The number of hydrogen-bond donors (Lipinski definition) is 0. The lowest BCUT2D eigenvalue weighted by molar-refractivity contribution is 0.669. The molecule has 0 aliphatic rings. The molecule has 2 heterocycles. The number of para-hydroxylation sites is 3. The second kappa shape index (κ2) is 9.37. The van der Waals surface area contributed by atoms with Crippen LogP contribution in [0.4, 0.5) is 17.1 Å². The smallest absolute Gasteiger partial charge is 0.137 e. The molecular formula is C40H25NO2. The molecule has 0 spiro atoms. The molecule has 0 amide bonds. The Morgan fingerprint density at radius 2 is 0.977 bits per heavy atom. The summed E-state index contributed by atoms with van der Waals surface area (Å²) in [5, 5.41) is 6.81. The maximum Gasteiger partial charge on any atom is 0.137 e. The normalized spacial score (nSPS) is 11.7. The zero-order valence-corrected chi connectivity index (χ0v) is 23.2. The van der Waals surface area contributed by atoms with Gasteiger partial charge in [0, 0.05) is 44.5 Å². The summed E-state index contributed by atoms with van der Waals surface area (Å²) in [7, 11) is 0. The van der Waals surface area contributed by atoms with E-state index >= 15 is 0 Å². The van der Waals surface area contributed by atoms with Gasteiger partial charge in [0.1, 0.15) is 22.3 Å². The average molecular weight is 552 g/mol. The van der Waals surface area contributed by atoms with Gasteiger partial charge in [-0.3, -0.25) is 0 Å². The summed E-state index contributed by atoms with van der Waals surface area (Å²) in [6.45, 7) is 0. The molecule has 0 fully saturated rings. The first kappa shape index (κ1) is 23.9. The third kappa shape index (κ3) is 3.83. The lowest BCUT2D eigenvalue weighted by Crippen LogP contribution is -2.11. The molecule has 0 aliphatic carbocycles. The molecule has 9 rings (SSSR count). The zero-order valence-electron chi connectivity index (χ0n) is 23.2. The summed E-state index contributed by atoms with van der Waals surface area (Å²) >= 11 is 0. The Morgan fingerprint density at radius 3 is 1.79 bits per heavy atom. The Morgan fingerprint density at radius 1 is 0.372 bits per heavy atom. The molecule has 0 aliphatic heterocycles. The minimum atomic E-state index is 0.866. The van der Waals surface area contributed by atoms with Crippen molar-refractivity contribution in [3.8, 4) is 11.1 Å². The summed E-state index contributed by atoms with van der Waals surface area (Å²) in [4.78, 5) is 2.33. The Balaban J connectivity index is 1.28. The maximum absolute atomic E-state index is 6.34. The Kier molecular flexibility index (Phi) is 5.20. The Hall–Kier alpha value is -5.80. The van der Waals surface area contributed by atoms with Crippen molar-refractivity contribution in [1.82, 2.24) is 0 Å². The highest BCUT2D eigenvalue weighted by atomic mass is 16.3. The summed E-state index contributed by atoms with van der Waals surface area (Å²) in [6, 6.07) is 53.2. The molecule has 7 aromatic carbocycles. The van der Waals surface area contributed by atoms with E-state index in [4.69, 9.17) is 8.83 Å². The van der Waals surface area contributed by atoms with Crippen LogP contribution in [0.3, 0.4) is 0 Å².